The Morgan fingerprint density at radius 1 is 1.71 bits per heavy atom. The summed E-state index contributed by atoms with van der Waals surface area (Å²) >= 11 is 0. The molecular weight excluding hydrogens is 88.1 g/mol. The van der Waals surface area contributed by atoms with E-state index in [1.807, 2.05) is 13.8 Å². The topological polar surface area (TPSA) is 17.1 Å². The van der Waals surface area contributed by atoms with E-state index in [-0.39, 0.29) is 7.21 Å². The first-order valence-corrected chi connectivity index (χ1v) is 2.62. The Morgan fingerprint density at radius 3 is 2.14 bits per heavy atom. The number of rotatable bonds is 2. The number of carbonyl (C=O) groups is 1. The molecule has 0 aliphatic heterocycles. The van der Waals surface area contributed by atoms with E-state index < -0.39 is 0 Å². The van der Waals surface area contributed by atoms with Gasteiger partial charge in [0, 0.05) is 7.85 Å². The first kappa shape index (κ1) is 6.67. The van der Waals surface area contributed by atoms with E-state index in [1.54, 1.807) is 6.92 Å². The maximum Gasteiger partial charge on any atom is 0.130 e. The van der Waals surface area contributed by atoms with E-state index in [9.17, 15) is 4.79 Å². The van der Waals surface area contributed by atoms with Gasteiger partial charge in [0.25, 0.3) is 0 Å². The summed E-state index contributed by atoms with van der Waals surface area (Å²) in [6.45, 7) is 5.71. The second kappa shape index (κ2) is 2.78. The number of hydrogen-bond donors (Lipinski definition) is 0. The van der Waals surface area contributed by atoms with Crippen molar-refractivity contribution in [1.29, 1.82) is 0 Å². The van der Waals surface area contributed by atoms with Gasteiger partial charge in [0.2, 0.25) is 0 Å². The van der Waals surface area contributed by atoms with Crippen molar-refractivity contribution < 1.29 is 6.22 Å². The molecule has 0 saturated carbocycles. The summed E-state index contributed by atoms with van der Waals surface area (Å²) in [5, 5.41) is 0. The van der Waals surface area contributed by atoms with Crippen molar-refractivity contribution in [3.05, 3.63) is 0 Å². The Balaban J connectivity index is 0. The minimum Gasteiger partial charge on any atom is -0.300 e. The van der Waals surface area contributed by atoms with Crippen molar-refractivity contribution in [3.8, 4) is 0 Å². The number of ketones is 1. The predicted molar refractivity (Wildman–Crippen MR) is 32.2 cm³/mol. The van der Waals surface area contributed by atoms with E-state index in [1.165, 1.54) is 0 Å². The normalized spacial score (nSPS) is 9.71. The smallest absolute Gasteiger partial charge is 0.130 e. The average Bonchev–Trinajstić information content (AvgIpc) is 1.27. The lowest BCUT2D eigenvalue weighted by Crippen LogP contribution is -1.95. The highest BCUT2D eigenvalue weighted by Crippen LogP contribution is 1.97. The van der Waals surface area contributed by atoms with E-state index >= 15 is 0 Å². The Kier molecular flexibility index (Phi) is 2.65. The van der Waals surface area contributed by atoms with Gasteiger partial charge in [-0.2, -0.15) is 0 Å². The van der Waals surface area contributed by atoms with Gasteiger partial charge in [-0.1, -0.05) is 13.8 Å². The van der Waals surface area contributed by atoms with Crippen LogP contribution in [0.5, 0.6) is 0 Å². The summed E-state index contributed by atoms with van der Waals surface area (Å²) < 4.78 is 0. The molecule has 7 heavy (non-hydrogen) atoms. The second-order valence-electron chi connectivity index (χ2n) is 2.30. The van der Waals surface area contributed by atoms with Gasteiger partial charge in [0.15, 0.2) is 0 Å². The Bertz CT molecular complexity index is 68.9. The highest BCUT2D eigenvalue weighted by Gasteiger charge is 1.95. The molecule has 0 aliphatic rings. The molecule has 0 amide bonds. The third-order valence-electron chi connectivity index (χ3n) is 0.696. The first-order valence-electron chi connectivity index (χ1n) is 2.62. The van der Waals surface area contributed by atoms with Crippen molar-refractivity contribution in [2.24, 2.45) is 5.92 Å². The zero-order valence-electron chi connectivity index (χ0n) is 5.19. The molecular formula is C6H14O. The minimum absolute atomic E-state index is 0. The molecule has 0 saturated heterocycles. The van der Waals surface area contributed by atoms with Crippen molar-refractivity contribution >= 4 is 5.78 Å². The van der Waals surface area contributed by atoms with Crippen LogP contribution in [0.2, 0.25) is 0 Å². The molecule has 0 aliphatic carbocycles. The first-order chi connectivity index (χ1) is 3.13. The van der Waals surface area contributed by atoms with Crippen LogP contribution in [0.1, 0.15) is 28.6 Å². The summed E-state index contributed by atoms with van der Waals surface area (Å²) in [4.78, 5) is 10.3. The largest absolute Gasteiger partial charge is 0.300 e. The molecule has 0 N–H and O–H groups in total. The average molecular weight is 102 g/mol. The van der Waals surface area contributed by atoms with Crippen LogP contribution in [-0.2, 0) is 4.79 Å². The third kappa shape index (κ3) is 5.67. The van der Waals surface area contributed by atoms with Crippen LogP contribution in [0.4, 0.5) is 0 Å². The Hall–Kier alpha value is -0.330. The Labute approximate surface area is 46.2 Å². The van der Waals surface area contributed by atoms with Crippen LogP contribution in [0, 0.1) is 5.92 Å². The molecule has 0 spiro atoms. The molecule has 0 atom stereocenters. The monoisotopic (exact) mass is 102 g/mol. The quantitative estimate of drug-likeness (QED) is 0.520. The highest BCUT2D eigenvalue weighted by atomic mass is 16.1. The maximum atomic E-state index is 10.3. The molecule has 0 aromatic rings. The fourth-order valence-corrected chi connectivity index (χ4v) is 0.575. The van der Waals surface area contributed by atoms with Gasteiger partial charge in [0.1, 0.15) is 5.78 Å². The van der Waals surface area contributed by atoms with E-state index in [0.29, 0.717) is 5.92 Å². The van der Waals surface area contributed by atoms with Crippen molar-refractivity contribution in [2.45, 2.75) is 27.2 Å². The fraction of sp³-hybridized carbons (Fsp3) is 0.833. The van der Waals surface area contributed by atoms with Gasteiger partial charge in [-0.3, -0.25) is 0 Å². The van der Waals surface area contributed by atoms with Gasteiger partial charge < -0.3 is 4.79 Å². The van der Waals surface area contributed by atoms with Gasteiger partial charge in [-0.25, -0.2) is 0 Å². The lowest BCUT2D eigenvalue weighted by Gasteiger charge is -1.95. The van der Waals surface area contributed by atoms with Gasteiger partial charge >= 0.3 is 0 Å². The summed E-state index contributed by atoms with van der Waals surface area (Å²) in [6.07, 6.45) is 0.722. The van der Waals surface area contributed by atoms with Gasteiger partial charge in [-0.15, -0.1) is 0 Å². The van der Waals surface area contributed by atoms with Gasteiger partial charge in [0.05, 0.1) is 0 Å². The zero-order valence-corrected chi connectivity index (χ0v) is 5.19. The Morgan fingerprint density at radius 2 is 2.14 bits per heavy atom. The second-order valence-corrected chi connectivity index (χ2v) is 2.30. The molecule has 0 radical (unpaired) electrons. The van der Waals surface area contributed by atoms with E-state index in [2.05, 4.69) is 0 Å². The van der Waals surface area contributed by atoms with Gasteiger partial charge in [-0.05, 0) is 12.8 Å². The highest BCUT2D eigenvalue weighted by molar-refractivity contribution is 5.75. The molecule has 0 unspecified atom stereocenters. The standard InChI is InChI=1S/C6H12O.H2/c1-5(2)4-6(3)7;/h5H,4H2,1-3H3;1H. The molecule has 0 fully saturated rings. The fourth-order valence-electron chi connectivity index (χ4n) is 0.575. The minimum atomic E-state index is 0. The molecule has 44 valence electrons. The lowest BCUT2D eigenvalue weighted by atomic mass is 10.1. The molecule has 0 aromatic heterocycles. The summed E-state index contributed by atoms with van der Waals surface area (Å²) in [6, 6.07) is 0. The van der Waals surface area contributed by atoms with Crippen LogP contribution in [0.25, 0.3) is 0 Å². The molecule has 0 aromatic carbocycles. The summed E-state index contributed by atoms with van der Waals surface area (Å²) in [7, 11) is 0. The van der Waals surface area contributed by atoms with Crippen molar-refractivity contribution in [1.82, 2.24) is 0 Å². The van der Waals surface area contributed by atoms with E-state index in [4.69, 9.17) is 0 Å². The SMILES string of the molecule is CC(=O)CC(C)C.[HH]. The van der Waals surface area contributed by atoms with E-state index in [0.717, 1.165) is 6.42 Å². The van der Waals surface area contributed by atoms with Crippen molar-refractivity contribution in [2.75, 3.05) is 0 Å². The van der Waals surface area contributed by atoms with Crippen LogP contribution in [-0.4, -0.2) is 5.78 Å². The van der Waals surface area contributed by atoms with Crippen molar-refractivity contribution in [3.63, 3.8) is 0 Å². The van der Waals surface area contributed by atoms with Crippen LogP contribution < -0.4 is 0 Å². The number of Topliss-reactive ketones (excluding diaryl/α,β-unsaturated/α-hetero) is 1. The molecule has 0 rings (SSSR count). The molecule has 0 bridgehead atoms. The van der Waals surface area contributed by atoms with Crippen LogP contribution >= 0.6 is 0 Å². The molecule has 1 heteroatoms. The molecule has 1 nitrogen and oxygen atoms in total. The maximum absolute atomic E-state index is 10.3. The molecule has 0 heterocycles. The third-order valence-corrected chi connectivity index (χ3v) is 0.696. The van der Waals surface area contributed by atoms with Crippen LogP contribution in [0.3, 0.4) is 0 Å². The summed E-state index contributed by atoms with van der Waals surface area (Å²) in [5.74, 6) is 0.813. The number of hydrogen-bond acceptors (Lipinski definition) is 1. The van der Waals surface area contributed by atoms with Crippen LogP contribution in [0.15, 0.2) is 0 Å². The predicted octanol–water partition coefficient (Wildman–Crippen LogP) is 1.87. The zero-order chi connectivity index (χ0) is 5.86. The number of carbonyl (C=O) groups excluding carboxylic acids is 1. The summed E-state index contributed by atoms with van der Waals surface area (Å²) in [5.41, 5.74) is 0. The lowest BCUT2D eigenvalue weighted by molar-refractivity contribution is -0.117.